The van der Waals surface area contributed by atoms with Crippen molar-refractivity contribution >= 4 is 11.8 Å². The van der Waals surface area contributed by atoms with Crippen molar-refractivity contribution in [3.8, 4) is 0 Å². The van der Waals surface area contributed by atoms with E-state index >= 15 is 0 Å². The van der Waals surface area contributed by atoms with Gasteiger partial charge < -0.3 is 10.1 Å². The van der Waals surface area contributed by atoms with Gasteiger partial charge in [0.25, 0.3) is 0 Å². The third kappa shape index (κ3) is 5.54. The first-order valence-corrected chi connectivity index (χ1v) is 6.85. The minimum Gasteiger partial charge on any atom is -0.381 e. The number of thioether (sulfide) groups is 1. The van der Waals surface area contributed by atoms with Crippen LogP contribution in [0.25, 0.3) is 0 Å². The standard InChI is InChI=1S/C13H21NOS/c1-3-14-11-12-6-5-7-13(10-12)16-9-8-15-4-2/h5-7,10,14H,3-4,8-9,11H2,1-2H3. The highest BCUT2D eigenvalue weighted by Gasteiger charge is 1.96. The fraction of sp³-hybridized carbons (Fsp3) is 0.538. The Kier molecular flexibility index (Phi) is 7.30. The highest BCUT2D eigenvalue weighted by atomic mass is 32.2. The number of nitrogens with one attached hydrogen (secondary N) is 1. The van der Waals surface area contributed by atoms with Crippen LogP contribution in [0.1, 0.15) is 19.4 Å². The molecule has 2 nitrogen and oxygen atoms in total. The van der Waals surface area contributed by atoms with Crippen LogP contribution in [0.15, 0.2) is 29.2 Å². The van der Waals surface area contributed by atoms with Crippen molar-refractivity contribution in [2.75, 3.05) is 25.5 Å². The third-order valence-corrected chi connectivity index (χ3v) is 3.14. The molecule has 0 unspecified atom stereocenters. The predicted molar refractivity (Wildman–Crippen MR) is 71.0 cm³/mol. The average Bonchev–Trinajstić information content (AvgIpc) is 2.33. The number of rotatable bonds is 8. The minimum absolute atomic E-state index is 0.807. The minimum atomic E-state index is 0.807. The summed E-state index contributed by atoms with van der Waals surface area (Å²) in [6.45, 7) is 7.76. The Balaban J connectivity index is 2.35. The lowest BCUT2D eigenvalue weighted by molar-refractivity contribution is 0.164. The summed E-state index contributed by atoms with van der Waals surface area (Å²) < 4.78 is 5.32. The van der Waals surface area contributed by atoms with Crippen LogP contribution in [-0.4, -0.2) is 25.5 Å². The first kappa shape index (κ1) is 13.6. The molecule has 1 rings (SSSR count). The molecule has 0 saturated heterocycles. The molecule has 0 saturated carbocycles. The number of benzene rings is 1. The van der Waals surface area contributed by atoms with Gasteiger partial charge >= 0.3 is 0 Å². The van der Waals surface area contributed by atoms with Gasteiger partial charge in [-0.2, -0.15) is 0 Å². The molecule has 0 radical (unpaired) electrons. The normalized spacial score (nSPS) is 10.6. The van der Waals surface area contributed by atoms with Crippen molar-refractivity contribution in [1.29, 1.82) is 0 Å². The third-order valence-electron chi connectivity index (χ3n) is 2.18. The maximum Gasteiger partial charge on any atom is 0.0560 e. The van der Waals surface area contributed by atoms with Crippen molar-refractivity contribution in [2.45, 2.75) is 25.3 Å². The van der Waals surface area contributed by atoms with E-state index in [0.29, 0.717) is 0 Å². The van der Waals surface area contributed by atoms with Gasteiger partial charge in [0.05, 0.1) is 6.61 Å². The van der Waals surface area contributed by atoms with Crippen molar-refractivity contribution in [2.24, 2.45) is 0 Å². The monoisotopic (exact) mass is 239 g/mol. The molecule has 1 aromatic rings. The fourth-order valence-corrected chi connectivity index (χ4v) is 2.22. The maximum atomic E-state index is 5.32. The van der Waals surface area contributed by atoms with Crippen LogP contribution in [-0.2, 0) is 11.3 Å². The second-order valence-corrected chi connectivity index (χ2v) is 4.64. The molecule has 0 aliphatic heterocycles. The predicted octanol–water partition coefficient (Wildman–Crippen LogP) is 2.92. The Hall–Kier alpha value is -0.510. The summed E-state index contributed by atoms with van der Waals surface area (Å²) in [5, 5.41) is 3.33. The van der Waals surface area contributed by atoms with Gasteiger partial charge in [0.1, 0.15) is 0 Å². The molecule has 0 aliphatic rings. The summed E-state index contributed by atoms with van der Waals surface area (Å²) in [5.41, 5.74) is 1.35. The fourth-order valence-electron chi connectivity index (χ4n) is 1.38. The Morgan fingerprint density at radius 2 is 2.19 bits per heavy atom. The van der Waals surface area contributed by atoms with E-state index in [2.05, 4.69) is 36.5 Å². The van der Waals surface area contributed by atoms with Gasteiger partial charge in [-0.15, -0.1) is 11.8 Å². The molecule has 0 bridgehead atoms. The molecule has 0 amide bonds. The van der Waals surface area contributed by atoms with Crippen molar-refractivity contribution < 1.29 is 4.74 Å². The summed E-state index contributed by atoms with van der Waals surface area (Å²) in [7, 11) is 0. The molecule has 16 heavy (non-hydrogen) atoms. The smallest absolute Gasteiger partial charge is 0.0560 e. The molecular weight excluding hydrogens is 218 g/mol. The average molecular weight is 239 g/mol. The van der Waals surface area contributed by atoms with Gasteiger partial charge in [-0.25, -0.2) is 0 Å². The quantitative estimate of drug-likeness (QED) is 0.557. The van der Waals surface area contributed by atoms with Crippen molar-refractivity contribution in [3.63, 3.8) is 0 Å². The molecule has 0 atom stereocenters. The molecule has 0 aliphatic carbocycles. The Morgan fingerprint density at radius 3 is 2.94 bits per heavy atom. The highest BCUT2D eigenvalue weighted by Crippen LogP contribution is 2.18. The van der Waals surface area contributed by atoms with Gasteiger partial charge in [-0.3, -0.25) is 0 Å². The molecule has 0 aromatic heterocycles. The molecule has 0 fully saturated rings. The lowest BCUT2D eigenvalue weighted by Gasteiger charge is -2.05. The molecule has 0 heterocycles. The second-order valence-electron chi connectivity index (χ2n) is 3.47. The van der Waals surface area contributed by atoms with Crippen LogP contribution in [0.4, 0.5) is 0 Å². The SMILES string of the molecule is CCNCc1cccc(SCCOCC)c1. The maximum absolute atomic E-state index is 5.32. The van der Waals surface area contributed by atoms with Crippen molar-refractivity contribution in [1.82, 2.24) is 5.32 Å². The molecule has 90 valence electrons. The van der Waals surface area contributed by atoms with Crippen LogP contribution >= 0.6 is 11.8 Å². The molecule has 3 heteroatoms. The van der Waals surface area contributed by atoms with Gasteiger partial charge in [0.2, 0.25) is 0 Å². The number of hydrogen-bond donors (Lipinski definition) is 1. The van der Waals surface area contributed by atoms with Gasteiger partial charge in [-0.05, 0) is 31.2 Å². The molecule has 0 spiro atoms. The Labute approximate surface area is 103 Å². The van der Waals surface area contributed by atoms with E-state index in [0.717, 1.165) is 32.1 Å². The van der Waals surface area contributed by atoms with E-state index in [1.807, 2.05) is 18.7 Å². The first-order valence-electron chi connectivity index (χ1n) is 5.87. The van der Waals surface area contributed by atoms with Crippen LogP contribution in [0.2, 0.25) is 0 Å². The van der Waals surface area contributed by atoms with Crippen LogP contribution in [0.5, 0.6) is 0 Å². The van der Waals surface area contributed by atoms with Gasteiger partial charge in [-0.1, -0.05) is 19.1 Å². The summed E-state index contributed by atoms with van der Waals surface area (Å²) in [6, 6.07) is 8.69. The van der Waals surface area contributed by atoms with E-state index in [1.54, 1.807) is 0 Å². The van der Waals surface area contributed by atoms with Crippen LogP contribution in [0.3, 0.4) is 0 Å². The summed E-state index contributed by atoms with van der Waals surface area (Å²) >= 11 is 1.86. The second kappa shape index (κ2) is 8.62. The number of hydrogen-bond acceptors (Lipinski definition) is 3. The van der Waals surface area contributed by atoms with E-state index in [9.17, 15) is 0 Å². The van der Waals surface area contributed by atoms with Crippen molar-refractivity contribution in [3.05, 3.63) is 29.8 Å². The Bertz CT molecular complexity index is 291. The zero-order valence-electron chi connectivity index (χ0n) is 10.2. The molecule has 1 N–H and O–H groups in total. The topological polar surface area (TPSA) is 21.3 Å². The number of ether oxygens (including phenoxy) is 1. The van der Waals surface area contributed by atoms with E-state index in [4.69, 9.17) is 4.74 Å². The zero-order valence-corrected chi connectivity index (χ0v) is 11.0. The molecule has 1 aromatic carbocycles. The van der Waals surface area contributed by atoms with E-state index < -0.39 is 0 Å². The van der Waals surface area contributed by atoms with E-state index in [1.165, 1.54) is 10.5 Å². The van der Waals surface area contributed by atoms with Crippen LogP contribution in [0, 0.1) is 0 Å². The van der Waals surface area contributed by atoms with Crippen LogP contribution < -0.4 is 5.32 Å². The van der Waals surface area contributed by atoms with E-state index in [-0.39, 0.29) is 0 Å². The highest BCUT2D eigenvalue weighted by molar-refractivity contribution is 7.99. The van der Waals surface area contributed by atoms with Gasteiger partial charge in [0, 0.05) is 23.8 Å². The largest absolute Gasteiger partial charge is 0.381 e. The first-order chi connectivity index (χ1) is 7.86. The summed E-state index contributed by atoms with van der Waals surface area (Å²) in [5.74, 6) is 1.03. The lowest BCUT2D eigenvalue weighted by atomic mass is 10.2. The Morgan fingerprint density at radius 1 is 1.31 bits per heavy atom. The van der Waals surface area contributed by atoms with Gasteiger partial charge in [0.15, 0.2) is 0 Å². The zero-order chi connectivity index (χ0) is 11.6. The lowest BCUT2D eigenvalue weighted by Crippen LogP contribution is -2.11. The summed E-state index contributed by atoms with van der Waals surface area (Å²) in [6.07, 6.45) is 0. The summed E-state index contributed by atoms with van der Waals surface area (Å²) in [4.78, 5) is 1.33. The molecular formula is C13H21NOS.